The van der Waals surface area contributed by atoms with Crippen LogP contribution in [0.4, 0.5) is 0 Å². The van der Waals surface area contributed by atoms with Crippen LogP contribution in [0, 0.1) is 28.6 Å². The summed E-state index contributed by atoms with van der Waals surface area (Å²) in [4.78, 5) is 0. The number of rotatable bonds is 1. The average molecular weight is 361 g/mol. The number of fused-ring (bicyclic) bond motifs is 5. The molecule has 3 fully saturated rings. The molecule has 0 saturated heterocycles. The molecule has 2 unspecified atom stereocenters. The molecule has 0 bridgehead atoms. The van der Waals surface area contributed by atoms with E-state index >= 15 is 0 Å². The van der Waals surface area contributed by atoms with Crippen molar-refractivity contribution in [3.05, 3.63) is 11.6 Å². The maximum Gasteiger partial charge on any atom is 0.0766 e. The molecule has 2 nitrogen and oxygen atoms in total. The van der Waals surface area contributed by atoms with Crippen molar-refractivity contribution in [2.45, 2.75) is 110 Å². The van der Waals surface area contributed by atoms with Crippen molar-refractivity contribution >= 4 is 0 Å². The number of hydrogen-bond acceptors (Lipinski definition) is 2. The Morgan fingerprint density at radius 3 is 2.35 bits per heavy atom. The highest BCUT2D eigenvalue weighted by Crippen LogP contribution is 2.67. The van der Waals surface area contributed by atoms with Crippen molar-refractivity contribution in [3.8, 4) is 0 Å². The van der Waals surface area contributed by atoms with E-state index in [2.05, 4.69) is 47.6 Å². The van der Waals surface area contributed by atoms with E-state index in [0.717, 1.165) is 24.2 Å². The second-order valence-corrected chi connectivity index (χ2v) is 11.6. The van der Waals surface area contributed by atoms with E-state index < -0.39 is 5.60 Å². The Kier molecular flexibility index (Phi) is 4.26. The standard InChI is InChI=1S/C24H40O2/c1-21(2,3)26-17-9-12-22(4)16(15-17)7-8-18-19(22)10-13-23(5)20(18)11-14-24(23,6)25/h15,17-20,25H,7-14H2,1-6H3/t17?,18-,19+,20+,22+,23+,24?/m1/s1. The minimum absolute atomic E-state index is 0.0608. The highest BCUT2D eigenvalue weighted by molar-refractivity contribution is 5.26. The van der Waals surface area contributed by atoms with Gasteiger partial charge in [-0.15, -0.1) is 0 Å². The van der Waals surface area contributed by atoms with Crippen LogP contribution in [0.2, 0.25) is 0 Å². The number of ether oxygens (including phenoxy) is 1. The Labute approximate surface area is 160 Å². The molecule has 0 radical (unpaired) electrons. The second kappa shape index (κ2) is 5.83. The van der Waals surface area contributed by atoms with Crippen molar-refractivity contribution in [1.82, 2.24) is 0 Å². The fourth-order valence-electron chi connectivity index (χ4n) is 7.49. The van der Waals surface area contributed by atoms with Gasteiger partial charge in [-0.2, -0.15) is 0 Å². The molecule has 0 spiro atoms. The summed E-state index contributed by atoms with van der Waals surface area (Å²) in [5.41, 5.74) is 1.68. The van der Waals surface area contributed by atoms with Crippen LogP contribution in [0.25, 0.3) is 0 Å². The predicted octanol–water partition coefficient (Wildman–Crippen LogP) is 5.88. The number of hydrogen-bond donors (Lipinski definition) is 1. The van der Waals surface area contributed by atoms with Crippen molar-refractivity contribution in [1.29, 1.82) is 0 Å². The third kappa shape index (κ3) is 2.73. The van der Waals surface area contributed by atoms with Gasteiger partial charge in [-0.1, -0.05) is 25.5 Å². The first kappa shape index (κ1) is 19.0. The smallest absolute Gasteiger partial charge is 0.0766 e. The topological polar surface area (TPSA) is 29.5 Å². The Bertz CT molecular complexity index is 598. The van der Waals surface area contributed by atoms with E-state index in [0.29, 0.717) is 11.5 Å². The van der Waals surface area contributed by atoms with Crippen LogP contribution in [0.5, 0.6) is 0 Å². The van der Waals surface area contributed by atoms with Crippen LogP contribution in [0.3, 0.4) is 0 Å². The molecule has 1 N–H and O–H groups in total. The minimum atomic E-state index is -0.460. The summed E-state index contributed by atoms with van der Waals surface area (Å²) in [6.45, 7) is 13.6. The Hall–Kier alpha value is -0.340. The van der Waals surface area contributed by atoms with Gasteiger partial charge in [-0.3, -0.25) is 0 Å². The van der Waals surface area contributed by atoms with E-state index in [1.807, 2.05) is 0 Å². The lowest BCUT2D eigenvalue weighted by Gasteiger charge is -2.59. The van der Waals surface area contributed by atoms with Gasteiger partial charge in [0.25, 0.3) is 0 Å². The van der Waals surface area contributed by atoms with E-state index in [-0.39, 0.29) is 11.0 Å². The molecule has 4 rings (SSSR count). The first-order chi connectivity index (χ1) is 12.0. The largest absolute Gasteiger partial charge is 0.390 e. The summed E-state index contributed by atoms with van der Waals surface area (Å²) in [7, 11) is 0. The maximum absolute atomic E-state index is 11.1. The third-order valence-corrected chi connectivity index (χ3v) is 9.14. The highest BCUT2D eigenvalue weighted by Gasteiger charge is 2.62. The quantitative estimate of drug-likeness (QED) is 0.591. The molecule has 0 aliphatic heterocycles. The summed E-state index contributed by atoms with van der Waals surface area (Å²) in [5, 5.41) is 11.1. The van der Waals surface area contributed by atoms with Gasteiger partial charge in [-0.05, 0) is 108 Å². The fraction of sp³-hybridized carbons (Fsp3) is 0.917. The predicted molar refractivity (Wildman–Crippen MR) is 107 cm³/mol. The van der Waals surface area contributed by atoms with E-state index in [9.17, 15) is 5.11 Å². The molecule has 0 aromatic heterocycles. The van der Waals surface area contributed by atoms with Crippen LogP contribution < -0.4 is 0 Å². The zero-order chi connectivity index (χ0) is 19.0. The van der Waals surface area contributed by atoms with Gasteiger partial charge in [0.1, 0.15) is 0 Å². The summed E-state index contributed by atoms with van der Waals surface area (Å²) in [5.74, 6) is 2.34. The zero-order valence-electron chi connectivity index (χ0n) is 17.9. The molecule has 3 saturated carbocycles. The van der Waals surface area contributed by atoms with Gasteiger partial charge >= 0.3 is 0 Å². The molecule has 0 amide bonds. The Balaban J connectivity index is 1.59. The molecule has 2 heteroatoms. The van der Waals surface area contributed by atoms with Crippen molar-refractivity contribution in [3.63, 3.8) is 0 Å². The first-order valence-corrected chi connectivity index (χ1v) is 11.1. The highest BCUT2D eigenvalue weighted by atomic mass is 16.5. The van der Waals surface area contributed by atoms with Gasteiger partial charge in [0.05, 0.1) is 17.3 Å². The summed E-state index contributed by atoms with van der Waals surface area (Å²) < 4.78 is 6.31. The van der Waals surface area contributed by atoms with Gasteiger partial charge in [0.15, 0.2) is 0 Å². The van der Waals surface area contributed by atoms with Gasteiger partial charge in [0.2, 0.25) is 0 Å². The molecular formula is C24H40O2. The SMILES string of the molecule is CC(C)(C)OC1C=C2CC[C@@H]3[C@H](CC[C@@]4(C)[C@H]3CCC4(C)O)[C@@]2(C)CC1. The molecule has 7 atom stereocenters. The monoisotopic (exact) mass is 360 g/mol. The zero-order valence-corrected chi connectivity index (χ0v) is 17.9. The van der Waals surface area contributed by atoms with Crippen LogP contribution in [-0.2, 0) is 4.74 Å². The first-order valence-electron chi connectivity index (χ1n) is 11.1. The van der Waals surface area contributed by atoms with Gasteiger partial charge in [-0.25, -0.2) is 0 Å². The van der Waals surface area contributed by atoms with Crippen molar-refractivity contribution in [2.24, 2.45) is 28.6 Å². The van der Waals surface area contributed by atoms with Crippen molar-refractivity contribution in [2.75, 3.05) is 0 Å². The molecule has 26 heavy (non-hydrogen) atoms. The Morgan fingerprint density at radius 1 is 0.962 bits per heavy atom. The van der Waals surface area contributed by atoms with Crippen LogP contribution in [-0.4, -0.2) is 22.4 Å². The van der Waals surface area contributed by atoms with Crippen LogP contribution in [0.15, 0.2) is 11.6 Å². The molecule has 0 heterocycles. The molecule has 0 aromatic carbocycles. The lowest BCUT2D eigenvalue weighted by Crippen LogP contribution is -2.54. The van der Waals surface area contributed by atoms with Gasteiger partial charge < -0.3 is 9.84 Å². The second-order valence-electron chi connectivity index (χ2n) is 11.6. The minimum Gasteiger partial charge on any atom is -0.390 e. The summed E-state index contributed by atoms with van der Waals surface area (Å²) >= 11 is 0. The molecule has 148 valence electrons. The number of aliphatic hydroxyl groups is 1. The summed E-state index contributed by atoms with van der Waals surface area (Å²) in [6, 6.07) is 0. The maximum atomic E-state index is 11.1. The number of allylic oxidation sites excluding steroid dienone is 1. The third-order valence-electron chi connectivity index (χ3n) is 9.14. The van der Waals surface area contributed by atoms with Crippen molar-refractivity contribution < 1.29 is 9.84 Å². The lowest BCUT2D eigenvalue weighted by molar-refractivity contribution is -0.121. The molecule has 4 aliphatic carbocycles. The van der Waals surface area contributed by atoms with Gasteiger partial charge in [0, 0.05) is 0 Å². The molecule has 0 aromatic rings. The van der Waals surface area contributed by atoms with E-state index in [1.165, 1.54) is 44.9 Å². The van der Waals surface area contributed by atoms with Crippen LogP contribution in [0.1, 0.15) is 92.9 Å². The molecular weight excluding hydrogens is 320 g/mol. The van der Waals surface area contributed by atoms with E-state index in [4.69, 9.17) is 4.74 Å². The molecule has 4 aliphatic rings. The summed E-state index contributed by atoms with van der Waals surface area (Å²) in [6.07, 6.45) is 12.6. The van der Waals surface area contributed by atoms with E-state index in [1.54, 1.807) is 5.57 Å². The van der Waals surface area contributed by atoms with Crippen LogP contribution >= 0.6 is 0 Å². The lowest BCUT2D eigenvalue weighted by atomic mass is 9.46. The normalized spacial score (nSPS) is 51.3. The fourth-order valence-corrected chi connectivity index (χ4v) is 7.49. The Morgan fingerprint density at radius 2 is 1.65 bits per heavy atom. The average Bonchev–Trinajstić information content (AvgIpc) is 2.76.